The fourth-order valence-electron chi connectivity index (χ4n) is 13.8. The number of aliphatic hydroxyl groups excluding tert-OH is 8. The van der Waals surface area contributed by atoms with Crippen molar-refractivity contribution in [1.29, 1.82) is 0 Å². The van der Waals surface area contributed by atoms with Gasteiger partial charge in [-0.15, -0.1) is 0 Å². The quantitative estimate of drug-likeness (QED) is 0.0887. The average molecular weight is 877 g/mol. The summed E-state index contributed by atoms with van der Waals surface area (Å²) >= 11 is 0. The van der Waals surface area contributed by atoms with Crippen LogP contribution < -0.4 is 0 Å². The van der Waals surface area contributed by atoms with Gasteiger partial charge in [0, 0.05) is 5.41 Å². The van der Waals surface area contributed by atoms with E-state index in [9.17, 15) is 58.6 Å². The van der Waals surface area contributed by atoms with Gasteiger partial charge in [0.15, 0.2) is 6.29 Å². The number of hydrogen-bond acceptors (Lipinski definition) is 16. The van der Waals surface area contributed by atoms with Crippen LogP contribution in [0.3, 0.4) is 0 Å². The van der Waals surface area contributed by atoms with Crippen molar-refractivity contribution in [2.24, 2.45) is 56.7 Å². The number of aliphatic hydroxyl groups is 8. The van der Waals surface area contributed by atoms with Crippen LogP contribution in [0, 0.1) is 56.7 Å². The Labute approximate surface area is 352 Å². The Balaban J connectivity index is 1.14. The molecular formula is C42H68O17S. The molecular weight excluding hydrogens is 809 g/mol. The van der Waals surface area contributed by atoms with Gasteiger partial charge in [-0.3, -0.25) is 9.35 Å². The largest absolute Gasteiger partial charge is 0.432 e. The van der Waals surface area contributed by atoms with E-state index in [1.54, 1.807) is 0 Å². The number of hydrogen-bond donors (Lipinski definition) is 9. The lowest BCUT2D eigenvalue weighted by atomic mass is 9.33. The predicted octanol–water partition coefficient (Wildman–Crippen LogP) is 0.972. The number of ether oxygens (including phenoxy) is 4. The number of rotatable bonds is 9. The van der Waals surface area contributed by atoms with Crippen LogP contribution >= 0.6 is 0 Å². The van der Waals surface area contributed by atoms with E-state index in [1.165, 1.54) is 5.57 Å². The second-order valence-corrected chi connectivity index (χ2v) is 21.6. The topological polar surface area (TPSA) is 279 Å². The van der Waals surface area contributed by atoms with Crippen LogP contribution in [0.25, 0.3) is 0 Å². The van der Waals surface area contributed by atoms with Gasteiger partial charge in [-0.25, -0.2) is 4.18 Å². The molecule has 344 valence electrons. The van der Waals surface area contributed by atoms with Crippen molar-refractivity contribution in [2.75, 3.05) is 19.8 Å². The van der Waals surface area contributed by atoms with Crippen LogP contribution in [0.4, 0.5) is 0 Å². The Morgan fingerprint density at radius 3 is 2.07 bits per heavy atom. The molecule has 2 heterocycles. The minimum Gasteiger partial charge on any atom is -0.432 e. The third kappa shape index (κ3) is 7.24. The molecule has 7 rings (SSSR count). The summed E-state index contributed by atoms with van der Waals surface area (Å²) in [6.07, 6.45) is -8.92. The summed E-state index contributed by atoms with van der Waals surface area (Å²) in [5.74, 6) is -0.376. The maximum absolute atomic E-state index is 14.9. The van der Waals surface area contributed by atoms with E-state index in [2.05, 4.69) is 40.7 Å². The Kier molecular flexibility index (Phi) is 12.6. The van der Waals surface area contributed by atoms with Crippen LogP contribution in [0.15, 0.2) is 11.6 Å². The van der Waals surface area contributed by atoms with E-state index in [0.29, 0.717) is 38.5 Å². The molecule has 2 aliphatic heterocycles. The molecule has 7 aliphatic rings. The van der Waals surface area contributed by atoms with Gasteiger partial charge >= 0.3 is 16.4 Å². The zero-order chi connectivity index (χ0) is 44.1. The first kappa shape index (κ1) is 46.6. The van der Waals surface area contributed by atoms with Crippen molar-refractivity contribution in [3.05, 3.63) is 11.6 Å². The molecule has 3 unspecified atom stereocenters. The van der Waals surface area contributed by atoms with Crippen LogP contribution in [0.5, 0.6) is 0 Å². The molecule has 2 saturated heterocycles. The molecule has 0 amide bonds. The summed E-state index contributed by atoms with van der Waals surface area (Å²) in [7, 11) is -4.72. The molecule has 6 fully saturated rings. The van der Waals surface area contributed by atoms with E-state index in [-0.39, 0.29) is 52.4 Å². The molecule has 0 bridgehead atoms. The van der Waals surface area contributed by atoms with E-state index in [1.807, 2.05) is 6.92 Å². The van der Waals surface area contributed by atoms with Gasteiger partial charge < -0.3 is 59.8 Å². The molecule has 0 aromatic carbocycles. The van der Waals surface area contributed by atoms with Gasteiger partial charge in [-0.05, 0) is 104 Å². The minimum absolute atomic E-state index is 0.0687. The van der Waals surface area contributed by atoms with Crippen molar-refractivity contribution >= 4 is 16.4 Å². The molecule has 18 heteroatoms. The van der Waals surface area contributed by atoms with Gasteiger partial charge in [0.1, 0.15) is 48.8 Å². The molecule has 17 nitrogen and oxygen atoms in total. The third-order valence-electron chi connectivity index (χ3n) is 17.9. The third-order valence-corrected chi connectivity index (χ3v) is 18.3. The first-order chi connectivity index (χ1) is 27.9. The zero-order valence-electron chi connectivity index (χ0n) is 35.5. The molecule has 9 N–H and O–H groups in total. The van der Waals surface area contributed by atoms with Crippen molar-refractivity contribution in [3.8, 4) is 0 Å². The molecule has 0 aromatic rings. The van der Waals surface area contributed by atoms with E-state index in [4.69, 9.17) is 23.1 Å². The maximum atomic E-state index is 14.9. The monoisotopic (exact) mass is 876 g/mol. The van der Waals surface area contributed by atoms with Gasteiger partial charge in [-0.1, -0.05) is 53.2 Å². The van der Waals surface area contributed by atoms with Crippen LogP contribution in [-0.2, 0) is 38.3 Å². The standard InChI is InChI=1S/C42H68O17S/c1-20-9-14-42(37(51)59-36-34(50)32(48)30(46)24(58-36)18-55-35-33(49)31(47)29(45)23(17-43)57-35)16-15-40(5)22(28(42)21(20)2)7-8-26-38(3)12-11-27(44)39(4,19-56-60(52,53)54)25(38)10-13-41(26,40)6/h7,20-21,23-36,43-50H,8-19H2,1-6H3,(H,52,53,54)/t20-,21+,23-,24-,25?,26?,27+,28+,29-,30-,31-,32-,33-,34-,35-,36+,38+,39+,40?,41-,42+/m1/s1. The van der Waals surface area contributed by atoms with E-state index < -0.39 is 108 Å². The van der Waals surface area contributed by atoms with Crippen molar-refractivity contribution in [3.63, 3.8) is 0 Å². The van der Waals surface area contributed by atoms with Crippen LogP contribution in [-0.4, -0.2) is 147 Å². The zero-order valence-corrected chi connectivity index (χ0v) is 36.3. The van der Waals surface area contributed by atoms with Crippen molar-refractivity contribution < 1.29 is 81.7 Å². The van der Waals surface area contributed by atoms with Gasteiger partial charge in [0.2, 0.25) is 6.29 Å². The number of carbonyl (C=O) groups excluding carboxylic acids is 1. The summed E-state index contributed by atoms with van der Waals surface area (Å²) in [6.45, 7) is 11.6. The molecule has 0 spiro atoms. The first-order valence-electron chi connectivity index (χ1n) is 21.7. The van der Waals surface area contributed by atoms with Crippen molar-refractivity contribution in [1.82, 2.24) is 0 Å². The molecule has 5 aliphatic carbocycles. The second kappa shape index (κ2) is 16.3. The fraction of sp³-hybridized carbons (Fsp3) is 0.929. The predicted molar refractivity (Wildman–Crippen MR) is 209 cm³/mol. The number of fused-ring (bicyclic) bond motifs is 7. The highest BCUT2D eigenvalue weighted by Gasteiger charge is 2.70. The molecule has 60 heavy (non-hydrogen) atoms. The van der Waals surface area contributed by atoms with Crippen molar-refractivity contribution in [2.45, 2.75) is 167 Å². The molecule has 0 radical (unpaired) electrons. The van der Waals surface area contributed by atoms with Crippen LogP contribution in [0.1, 0.15) is 99.3 Å². The average Bonchev–Trinajstić information content (AvgIpc) is 3.19. The second-order valence-electron chi connectivity index (χ2n) is 20.5. The Morgan fingerprint density at radius 2 is 1.42 bits per heavy atom. The van der Waals surface area contributed by atoms with Gasteiger partial charge in [-0.2, -0.15) is 8.42 Å². The Morgan fingerprint density at radius 1 is 0.783 bits per heavy atom. The summed E-state index contributed by atoms with van der Waals surface area (Å²) in [5.41, 5.74) is -1.55. The lowest BCUT2D eigenvalue weighted by Crippen LogP contribution is -2.66. The Hall–Kier alpha value is -1.36. The number of allylic oxidation sites excluding steroid dienone is 2. The fourth-order valence-corrected chi connectivity index (χ4v) is 14.2. The van der Waals surface area contributed by atoms with Crippen LogP contribution in [0.2, 0.25) is 0 Å². The molecule has 21 atom stereocenters. The van der Waals surface area contributed by atoms with Gasteiger partial charge in [0.05, 0.1) is 31.3 Å². The smallest absolute Gasteiger partial charge is 0.397 e. The lowest BCUT2D eigenvalue weighted by molar-refractivity contribution is -0.328. The highest BCUT2D eigenvalue weighted by molar-refractivity contribution is 7.80. The highest BCUT2D eigenvalue weighted by atomic mass is 32.3. The Bertz CT molecular complexity index is 1750. The lowest BCUT2D eigenvalue weighted by Gasteiger charge is -2.71. The minimum atomic E-state index is -4.72. The summed E-state index contributed by atoms with van der Waals surface area (Å²) < 4.78 is 60.9. The molecule has 4 saturated carbocycles. The number of carbonyl (C=O) groups is 1. The highest BCUT2D eigenvalue weighted by Crippen LogP contribution is 2.76. The summed E-state index contributed by atoms with van der Waals surface area (Å²) in [4.78, 5) is 14.9. The van der Waals surface area contributed by atoms with E-state index in [0.717, 1.165) is 19.3 Å². The SMILES string of the molecule is C[C@H]1[C@H](C)CC[C@]2(C(=O)O[C@@H]3O[C@H](CO[C@@H]4O[C@H](CO)[C@@H](O)[C@@H](O)[C@H]4O)[C@@H](O)[C@@H](O)[C@H]3O)CCC3(C)C(=CCC4[C@@]5(C)CC[C@H](O)[C@@](C)(COS(=O)(=O)O)C5CC[C@]43C)[C@H]12. The normalized spacial score (nSPS) is 53.1. The summed E-state index contributed by atoms with van der Waals surface area (Å²) in [5, 5.41) is 84.6. The summed E-state index contributed by atoms with van der Waals surface area (Å²) in [6, 6.07) is 0. The first-order valence-corrected chi connectivity index (χ1v) is 23.1. The maximum Gasteiger partial charge on any atom is 0.397 e. The van der Waals surface area contributed by atoms with E-state index >= 15 is 0 Å². The number of esters is 1. The molecule has 0 aromatic heterocycles. The van der Waals surface area contributed by atoms with Gasteiger partial charge in [0.25, 0.3) is 0 Å².